The van der Waals surface area contributed by atoms with Crippen LogP contribution in [0.25, 0.3) is 0 Å². The fourth-order valence-electron chi connectivity index (χ4n) is 1.73. The Labute approximate surface area is 117 Å². The third-order valence-corrected chi connectivity index (χ3v) is 2.78. The Morgan fingerprint density at radius 2 is 2.14 bits per heavy atom. The standard InChI is InChI=1S/C13H11F2N3O3/c14-9-3-1-2-8(11(9)15)12(19)18-10(13(20)21)4-7-5-16-6-17-7/h1-3,5-6,10H,4H2,(H,16,17)(H,18,19)(H,20,21)/t10-/m1/s1. The Morgan fingerprint density at radius 1 is 1.38 bits per heavy atom. The van der Waals surface area contributed by atoms with Crippen molar-refractivity contribution in [3.05, 3.63) is 53.6 Å². The average molecular weight is 295 g/mol. The van der Waals surface area contributed by atoms with Crippen LogP contribution in [0, 0.1) is 11.6 Å². The minimum atomic E-state index is -1.32. The third kappa shape index (κ3) is 3.41. The van der Waals surface area contributed by atoms with Crippen LogP contribution in [0.4, 0.5) is 8.78 Å². The molecule has 2 aromatic rings. The first-order valence-corrected chi connectivity index (χ1v) is 5.94. The number of carbonyl (C=O) groups is 2. The average Bonchev–Trinajstić information content (AvgIpc) is 2.93. The molecule has 8 heteroatoms. The molecule has 6 nitrogen and oxygen atoms in total. The molecule has 0 saturated carbocycles. The van der Waals surface area contributed by atoms with Crippen molar-refractivity contribution in [3.63, 3.8) is 0 Å². The molecule has 1 aromatic carbocycles. The van der Waals surface area contributed by atoms with Crippen LogP contribution in [0.15, 0.2) is 30.7 Å². The van der Waals surface area contributed by atoms with E-state index in [-0.39, 0.29) is 6.42 Å². The minimum Gasteiger partial charge on any atom is -0.480 e. The lowest BCUT2D eigenvalue weighted by atomic mass is 10.1. The lowest BCUT2D eigenvalue weighted by Gasteiger charge is -2.14. The number of H-pyrrole nitrogens is 1. The van der Waals surface area contributed by atoms with Crippen LogP contribution in [0.1, 0.15) is 16.1 Å². The van der Waals surface area contributed by atoms with Gasteiger partial charge in [0.25, 0.3) is 5.91 Å². The van der Waals surface area contributed by atoms with E-state index in [9.17, 15) is 18.4 Å². The molecule has 1 aromatic heterocycles. The van der Waals surface area contributed by atoms with Gasteiger partial charge in [0.1, 0.15) is 6.04 Å². The normalized spacial score (nSPS) is 11.9. The zero-order chi connectivity index (χ0) is 15.4. The quantitative estimate of drug-likeness (QED) is 0.770. The van der Waals surface area contributed by atoms with Gasteiger partial charge < -0.3 is 15.4 Å². The SMILES string of the molecule is O=C(N[C@H](Cc1cnc[nH]1)C(=O)O)c1cccc(F)c1F. The highest BCUT2D eigenvalue weighted by molar-refractivity contribution is 5.96. The molecule has 0 fully saturated rings. The molecule has 2 rings (SSSR count). The van der Waals surface area contributed by atoms with Crippen molar-refractivity contribution in [3.8, 4) is 0 Å². The van der Waals surface area contributed by atoms with E-state index in [0.29, 0.717) is 5.69 Å². The smallest absolute Gasteiger partial charge is 0.326 e. The number of aromatic amines is 1. The summed E-state index contributed by atoms with van der Waals surface area (Å²) in [7, 11) is 0. The molecular weight excluding hydrogens is 284 g/mol. The number of aliphatic carboxylic acids is 1. The van der Waals surface area contributed by atoms with Crippen molar-refractivity contribution in [1.82, 2.24) is 15.3 Å². The summed E-state index contributed by atoms with van der Waals surface area (Å²) in [5.41, 5.74) is -0.0618. The summed E-state index contributed by atoms with van der Waals surface area (Å²) in [6.45, 7) is 0. The van der Waals surface area contributed by atoms with Gasteiger partial charge in [0, 0.05) is 18.3 Å². The van der Waals surface area contributed by atoms with Crippen LogP contribution in [0.3, 0.4) is 0 Å². The van der Waals surface area contributed by atoms with Gasteiger partial charge in [0.05, 0.1) is 11.9 Å². The topological polar surface area (TPSA) is 95.1 Å². The van der Waals surface area contributed by atoms with E-state index >= 15 is 0 Å². The van der Waals surface area contributed by atoms with Gasteiger partial charge in [0.2, 0.25) is 0 Å². The number of halogens is 2. The first-order chi connectivity index (χ1) is 9.99. The number of hydrogen-bond acceptors (Lipinski definition) is 3. The second-order valence-corrected chi connectivity index (χ2v) is 4.25. The van der Waals surface area contributed by atoms with Gasteiger partial charge >= 0.3 is 5.97 Å². The van der Waals surface area contributed by atoms with Crippen LogP contribution in [-0.4, -0.2) is 33.0 Å². The van der Waals surface area contributed by atoms with E-state index in [1.165, 1.54) is 12.5 Å². The summed E-state index contributed by atoms with van der Waals surface area (Å²) >= 11 is 0. The van der Waals surface area contributed by atoms with Crippen molar-refractivity contribution in [2.45, 2.75) is 12.5 Å². The van der Waals surface area contributed by atoms with E-state index in [4.69, 9.17) is 5.11 Å². The largest absolute Gasteiger partial charge is 0.480 e. The second kappa shape index (κ2) is 6.12. The van der Waals surface area contributed by atoms with E-state index in [1.54, 1.807) is 0 Å². The van der Waals surface area contributed by atoms with Gasteiger partial charge in [0.15, 0.2) is 11.6 Å². The van der Waals surface area contributed by atoms with Crippen molar-refractivity contribution in [2.75, 3.05) is 0 Å². The van der Waals surface area contributed by atoms with Crippen molar-refractivity contribution in [2.24, 2.45) is 0 Å². The Morgan fingerprint density at radius 3 is 2.76 bits per heavy atom. The molecule has 1 amide bonds. The number of nitrogens with zero attached hydrogens (tertiary/aromatic N) is 1. The fraction of sp³-hybridized carbons (Fsp3) is 0.154. The summed E-state index contributed by atoms with van der Waals surface area (Å²) in [6.07, 6.45) is 2.71. The molecule has 1 atom stereocenters. The fourth-order valence-corrected chi connectivity index (χ4v) is 1.73. The van der Waals surface area contributed by atoms with Gasteiger partial charge in [-0.05, 0) is 12.1 Å². The van der Waals surface area contributed by atoms with Gasteiger partial charge in [-0.15, -0.1) is 0 Å². The van der Waals surface area contributed by atoms with E-state index in [1.807, 2.05) is 0 Å². The highest BCUT2D eigenvalue weighted by atomic mass is 19.2. The Hall–Kier alpha value is -2.77. The summed E-state index contributed by atoms with van der Waals surface area (Å²) in [6, 6.07) is 1.81. The van der Waals surface area contributed by atoms with E-state index < -0.39 is 35.1 Å². The van der Waals surface area contributed by atoms with E-state index in [0.717, 1.165) is 18.2 Å². The molecule has 3 N–H and O–H groups in total. The highest BCUT2D eigenvalue weighted by Gasteiger charge is 2.24. The van der Waals surface area contributed by atoms with Crippen molar-refractivity contribution >= 4 is 11.9 Å². The summed E-state index contributed by atoms with van der Waals surface area (Å²) < 4.78 is 26.5. The number of imidazole rings is 1. The molecule has 0 aliphatic rings. The van der Waals surface area contributed by atoms with Crippen molar-refractivity contribution < 1.29 is 23.5 Å². The second-order valence-electron chi connectivity index (χ2n) is 4.25. The number of carboxylic acids is 1. The molecule has 0 saturated heterocycles. The van der Waals surface area contributed by atoms with Gasteiger partial charge in [-0.2, -0.15) is 0 Å². The molecule has 0 aliphatic carbocycles. The number of benzene rings is 1. The maximum absolute atomic E-state index is 13.5. The zero-order valence-electron chi connectivity index (χ0n) is 10.6. The predicted molar refractivity (Wildman–Crippen MR) is 67.5 cm³/mol. The first kappa shape index (κ1) is 14.6. The lowest BCUT2D eigenvalue weighted by Crippen LogP contribution is -2.42. The van der Waals surface area contributed by atoms with Gasteiger partial charge in [-0.1, -0.05) is 6.07 Å². The maximum Gasteiger partial charge on any atom is 0.326 e. The molecule has 21 heavy (non-hydrogen) atoms. The Balaban J connectivity index is 2.15. The van der Waals surface area contributed by atoms with Crippen LogP contribution >= 0.6 is 0 Å². The van der Waals surface area contributed by atoms with Gasteiger partial charge in [-0.25, -0.2) is 18.6 Å². The summed E-state index contributed by atoms with van der Waals surface area (Å²) in [5, 5.41) is 11.2. The zero-order valence-corrected chi connectivity index (χ0v) is 10.6. The number of aromatic nitrogens is 2. The first-order valence-electron chi connectivity index (χ1n) is 5.94. The predicted octanol–water partition coefficient (Wildman–Crippen LogP) is 1.11. The third-order valence-electron chi connectivity index (χ3n) is 2.78. The number of amides is 1. The summed E-state index contributed by atoms with van der Waals surface area (Å²) in [5.74, 6) is -4.79. The summed E-state index contributed by atoms with van der Waals surface area (Å²) in [4.78, 5) is 29.4. The van der Waals surface area contributed by atoms with Crippen LogP contribution in [-0.2, 0) is 11.2 Å². The minimum absolute atomic E-state index is 0.0575. The molecular formula is C13H11F2N3O3. The van der Waals surface area contributed by atoms with Crippen LogP contribution in [0.5, 0.6) is 0 Å². The Bertz CT molecular complexity index is 659. The maximum atomic E-state index is 13.5. The number of hydrogen-bond donors (Lipinski definition) is 3. The number of rotatable bonds is 5. The number of nitrogens with one attached hydrogen (secondary N) is 2. The van der Waals surface area contributed by atoms with Gasteiger partial charge in [-0.3, -0.25) is 4.79 Å². The van der Waals surface area contributed by atoms with Crippen LogP contribution < -0.4 is 5.32 Å². The molecule has 1 heterocycles. The number of carboxylic acid groups (broad SMARTS) is 1. The Kier molecular flexibility index (Phi) is 4.27. The van der Waals surface area contributed by atoms with E-state index in [2.05, 4.69) is 15.3 Å². The highest BCUT2D eigenvalue weighted by Crippen LogP contribution is 2.11. The molecule has 0 bridgehead atoms. The molecule has 0 spiro atoms. The monoisotopic (exact) mass is 295 g/mol. The number of carbonyl (C=O) groups excluding carboxylic acids is 1. The molecule has 110 valence electrons. The van der Waals surface area contributed by atoms with Crippen molar-refractivity contribution in [1.29, 1.82) is 0 Å². The molecule has 0 radical (unpaired) electrons. The molecule has 0 aliphatic heterocycles. The van der Waals surface area contributed by atoms with Crippen LogP contribution in [0.2, 0.25) is 0 Å². The lowest BCUT2D eigenvalue weighted by molar-refractivity contribution is -0.139. The molecule has 0 unspecified atom stereocenters.